The molecule has 1 aliphatic heterocycles. The summed E-state index contributed by atoms with van der Waals surface area (Å²) in [7, 11) is 0. The van der Waals surface area contributed by atoms with Gasteiger partial charge in [0.15, 0.2) is 0 Å². The van der Waals surface area contributed by atoms with E-state index in [1.165, 1.54) is 5.57 Å². The van der Waals surface area contributed by atoms with Crippen molar-refractivity contribution in [3.05, 3.63) is 22.1 Å². The Balaban J connectivity index is 2.75. The summed E-state index contributed by atoms with van der Waals surface area (Å²) in [6.45, 7) is 4.16. The van der Waals surface area contributed by atoms with Crippen molar-refractivity contribution in [1.29, 1.82) is 0 Å². The molecule has 50 valence electrons. The fourth-order valence-corrected chi connectivity index (χ4v) is 1.86. The smallest absolute Gasteiger partial charge is 0.0769 e. The summed E-state index contributed by atoms with van der Waals surface area (Å²) in [5, 5.41) is 0.543. The molecule has 0 unspecified atom stereocenters. The first-order chi connectivity index (χ1) is 4.20. The van der Waals surface area contributed by atoms with Gasteiger partial charge in [0.2, 0.25) is 0 Å². The van der Waals surface area contributed by atoms with E-state index in [0.29, 0.717) is 5.25 Å². The van der Waals surface area contributed by atoms with Crippen LogP contribution in [-0.4, -0.2) is 5.25 Å². The fraction of sp³-hybridized carbons (Fsp3) is 0.429. The van der Waals surface area contributed by atoms with Gasteiger partial charge in [-0.15, -0.1) is 11.8 Å². The Bertz CT molecular complexity index is 170. The van der Waals surface area contributed by atoms with Gasteiger partial charge in [-0.3, -0.25) is 0 Å². The van der Waals surface area contributed by atoms with Crippen LogP contribution < -0.4 is 0 Å². The average molecular weight is 161 g/mol. The van der Waals surface area contributed by atoms with E-state index in [4.69, 9.17) is 11.6 Å². The van der Waals surface area contributed by atoms with Gasteiger partial charge in [-0.05, 0) is 19.4 Å². The van der Waals surface area contributed by atoms with Crippen LogP contribution >= 0.6 is 23.4 Å². The van der Waals surface area contributed by atoms with Gasteiger partial charge in [-0.25, -0.2) is 0 Å². The molecule has 0 N–H and O–H groups in total. The maximum Gasteiger partial charge on any atom is 0.0769 e. The molecule has 0 aromatic heterocycles. The molecule has 0 aromatic rings. The molecule has 0 bridgehead atoms. The number of hydrogen-bond donors (Lipinski definition) is 0. The van der Waals surface area contributed by atoms with Crippen LogP contribution in [0.25, 0.3) is 0 Å². The summed E-state index contributed by atoms with van der Waals surface area (Å²) in [6, 6.07) is 0. The van der Waals surface area contributed by atoms with E-state index in [1.807, 2.05) is 6.92 Å². The lowest BCUT2D eigenvalue weighted by Gasteiger charge is -2.11. The maximum atomic E-state index is 5.85. The zero-order chi connectivity index (χ0) is 6.85. The molecule has 0 aliphatic carbocycles. The first-order valence-electron chi connectivity index (χ1n) is 2.91. The van der Waals surface area contributed by atoms with Gasteiger partial charge < -0.3 is 0 Å². The van der Waals surface area contributed by atoms with E-state index in [2.05, 4.69) is 19.1 Å². The van der Waals surface area contributed by atoms with E-state index >= 15 is 0 Å². The van der Waals surface area contributed by atoms with Crippen molar-refractivity contribution in [3.8, 4) is 0 Å². The zero-order valence-electron chi connectivity index (χ0n) is 5.52. The summed E-state index contributed by atoms with van der Waals surface area (Å²) >= 11 is 7.56. The number of rotatable bonds is 0. The Hall–Kier alpha value is 0.120. The molecule has 0 saturated carbocycles. The first kappa shape index (κ1) is 7.23. The standard InChI is InChI=1S/C7H9ClS/c1-5-3-4-6(2)9-7(5)8/h3-4,6H,1-2H3/t6-/m1/s1. The highest BCUT2D eigenvalue weighted by atomic mass is 35.5. The van der Waals surface area contributed by atoms with Crippen LogP contribution in [0.1, 0.15) is 13.8 Å². The van der Waals surface area contributed by atoms with Gasteiger partial charge in [-0.2, -0.15) is 0 Å². The minimum Gasteiger partial charge on any atom is -0.106 e. The number of hydrogen-bond acceptors (Lipinski definition) is 1. The Morgan fingerprint density at radius 3 is 2.78 bits per heavy atom. The monoisotopic (exact) mass is 160 g/mol. The normalized spacial score (nSPS) is 27.2. The van der Waals surface area contributed by atoms with E-state index in [1.54, 1.807) is 11.8 Å². The molecule has 0 spiro atoms. The van der Waals surface area contributed by atoms with Crippen molar-refractivity contribution in [2.24, 2.45) is 0 Å². The van der Waals surface area contributed by atoms with Gasteiger partial charge in [-0.1, -0.05) is 23.8 Å². The molecule has 0 fully saturated rings. The van der Waals surface area contributed by atoms with Crippen molar-refractivity contribution in [2.45, 2.75) is 19.1 Å². The second-order valence-corrected chi connectivity index (χ2v) is 4.13. The first-order valence-corrected chi connectivity index (χ1v) is 4.17. The minimum absolute atomic E-state index is 0.543. The molecular formula is C7H9ClS. The predicted octanol–water partition coefficient (Wildman–Crippen LogP) is 3.15. The second-order valence-electron chi connectivity index (χ2n) is 2.14. The summed E-state index contributed by atoms with van der Waals surface area (Å²) in [6.07, 6.45) is 4.23. The third kappa shape index (κ3) is 1.77. The molecule has 1 aliphatic rings. The predicted molar refractivity (Wildman–Crippen MR) is 44.7 cm³/mol. The lowest BCUT2D eigenvalue weighted by Crippen LogP contribution is -1.94. The van der Waals surface area contributed by atoms with E-state index < -0.39 is 0 Å². The molecule has 2 heteroatoms. The molecule has 0 aromatic carbocycles. The van der Waals surface area contributed by atoms with E-state index in [-0.39, 0.29) is 0 Å². The highest BCUT2D eigenvalue weighted by Crippen LogP contribution is 2.32. The summed E-state index contributed by atoms with van der Waals surface area (Å²) in [5.74, 6) is 0. The Morgan fingerprint density at radius 1 is 1.67 bits per heavy atom. The maximum absolute atomic E-state index is 5.85. The van der Waals surface area contributed by atoms with Gasteiger partial charge in [0.05, 0.1) is 4.36 Å². The molecule has 1 heterocycles. The Labute approximate surface area is 65.0 Å². The van der Waals surface area contributed by atoms with Crippen LogP contribution in [0.15, 0.2) is 22.1 Å². The molecule has 0 radical (unpaired) electrons. The molecule has 1 atom stereocenters. The molecule has 1 rings (SSSR count). The fourth-order valence-electron chi connectivity index (χ4n) is 0.641. The highest BCUT2D eigenvalue weighted by Gasteiger charge is 2.07. The van der Waals surface area contributed by atoms with E-state index in [9.17, 15) is 0 Å². The lowest BCUT2D eigenvalue weighted by atomic mass is 10.3. The van der Waals surface area contributed by atoms with Crippen molar-refractivity contribution < 1.29 is 0 Å². The topological polar surface area (TPSA) is 0 Å². The van der Waals surface area contributed by atoms with Crippen LogP contribution in [0.5, 0.6) is 0 Å². The summed E-state index contributed by atoms with van der Waals surface area (Å²) in [4.78, 5) is 0. The largest absolute Gasteiger partial charge is 0.106 e. The van der Waals surface area contributed by atoms with Crippen LogP contribution in [0, 0.1) is 0 Å². The second kappa shape index (κ2) is 2.80. The van der Waals surface area contributed by atoms with Gasteiger partial charge >= 0.3 is 0 Å². The number of thioether (sulfide) groups is 1. The quantitative estimate of drug-likeness (QED) is 0.525. The molecular weight excluding hydrogens is 152 g/mol. The van der Waals surface area contributed by atoms with Crippen LogP contribution in [0.2, 0.25) is 0 Å². The molecule has 0 nitrogen and oxygen atoms in total. The number of halogens is 1. The third-order valence-electron chi connectivity index (χ3n) is 1.22. The molecule has 0 saturated heterocycles. The SMILES string of the molecule is CC1=C(Cl)S[C@H](C)C=C1. The summed E-state index contributed by atoms with van der Waals surface area (Å²) in [5.41, 5.74) is 1.18. The van der Waals surface area contributed by atoms with Crippen molar-refractivity contribution in [2.75, 3.05) is 0 Å². The van der Waals surface area contributed by atoms with Crippen LogP contribution in [0.4, 0.5) is 0 Å². The van der Waals surface area contributed by atoms with Gasteiger partial charge in [0.25, 0.3) is 0 Å². The Morgan fingerprint density at radius 2 is 2.33 bits per heavy atom. The highest BCUT2D eigenvalue weighted by molar-refractivity contribution is 8.05. The number of allylic oxidation sites excluding steroid dienone is 2. The Kier molecular flexibility index (Phi) is 2.25. The van der Waals surface area contributed by atoms with Crippen molar-refractivity contribution >= 4 is 23.4 Å². The lowest BCUT2D eigenvalue weighted by molar-refractivity contribution is 1.23. The van der Waals surface area contributed by atoms with Gasteiger partial charge in [0.1, 0.15) is 0 Å². The van der Waals surface area contributed by atoms with Crippen LogP contribution in [-0.2, 0) is 0 Å². The van der Waals surface area contributed by atoms with E-state index in [0.717, 1.165) is 4.36 Å². The van der Waals surface area contributed by atoms with Crippen molar-refractivity contribution in [1.82, 2.24) is 0 Å². The molecule has 9 heavy (non-hydrogen) atoms. The zero-order valence-corrected chi connectivity index (χ0v) is 7.09. The van der Waals surface area contributed by atoms with Crippen molar-refractivity contribution in [3.63, 3.8) is 0 Å². The molecule has 0 amide bonds. The third-order valence-corrected chi connectivity index (χ3v) is 2.84. The average Bonchev–Trinajstić information content (AvgIpc) is 1.80. The minimum atomic E-state index is 0.543. The van der Waals surface area contributed by atoms with Gasteiger partial charge in [0, 0.05) is 5.25 Å². The van der Waals surface area contributed by atoms with Crippen LogP contribution in [0.3, 0.4) is 0 Å². The summed E-state index contributed by atoms with van der Waals surface area (Å²) < 4.78 is 0.935.